The Labute approximate surface area is 106 Å². The van der Waals surface area contributed by atoms with Crippen molar-refractivity contribution in [2.24, 2.45) is 0 Å². The van der Waals surface area contributed by atoms with Crippen LogP contribution in [0, 0.1) is 0 Å². The molecule has 17 heavy (non-hydrogen) atoms. The van der Waals surface area contributed by atoms with Gasteiger partial charge in [0, 0.05) is 42.7 Å². The zero-order valence-corrected chi connectivity index (χ0v) is 13.8. The molecule has 102 valence electrons. The van der Waals surface area contributed by atoms with Crippen molar-refractivity contribution < 1.29 is 34.8 Å². The first-order valence-electron chi connectivity index (χ1n) is 4.49. The van der Waals surface area contributed by atoms with Gasteiger partial charge in [0.05, 0.1) is 0 Å². The summed E-state index contributed by atoms with van der Waals surface area (Å²) in [5.74, 6) is 0. The van der Waals surface area contributed by atoms with Gasteiger partial charge in [-0.15, -0.1) is 0 Å². The Bertz CT molecular complexity index is 180. The van der Waals surface area contributed by atoms with E-state index in [0.29, 0.717) is 0 Å². The molecule has 0 saturated carbocycles. The highest BCUT2D eigenvalue weighted by Gasteiger charge is 2.48. The number of rotatable bonds is 10. The molecule has 0 spiro atoms. The molecule has 11 heteroatoms. The van der Waals surface area contributed by atoms with Gasteiger partial charge in [0.15, 0.2) is 0 Å². The molecule has 0 rings (SSSR count). The molecule has 0 heterocycles. The average molecular weight is 302 g/mol. The molecule has 0 saturated heterocycles. The summed E-state index contributed by atoms with van der Waals surface area (Å²) in [7, 11) is 1.47. The molecular formula is C6H18O8Si3. The Balaban J connectivity index is 4.45. The van der Waals surface area contributed by atoms with E-state index in [4.69, 9.17) is 34.8 Å². The predicted molar refractivity (Wildman–Crippen MR) is 61.5 cm³/mol. The summed E-state index contributed by atoms with van der Waals surface area (Å²) in [6.45, 7) is 0. The van der Waals surface area contributed by atoms with Gasteiger partial charge in [-0.25, -0.2) is 0 Å². The van der Waals surface area contributed by atoms with Crippen molar-refractivity contribution in [2.45, 2.75) is 0 Å². The lowest BCUT2D eigenvalue weighted by Gasteiger charge is -2.26. The van der Waals surface area contributed by atoms with Crippen LogP contribution in [0.4, 0.5) is 0 Å². The van der Waals surface area contributed by atoms with Crippen molar-refractivity contribution in [3.63, 3.8) is 0 Å². The molecule has 2 radical (unpaired) electrons. The van der Waals surface area contributed by atoms with Crippen LogP contribution in [0.25, 0.3) is 0 Å². The second kappa shape index (κ2) is 9.29. The van der Waals surface area contributed by atoms with E-state index in [1.165, 1.54) is 42.7 Å². The van der Waals surface area contributed by atoms with Crippen molar-refractivity contribution in [2.75, 3.05) is 42.7 Å². The van der Waals surface area contributed by atoms with Crippen LogP contribution in [0.15, 0.2) is 0 Å². The van der Waals surface area contributed by atoms with Gasteiger partial charge < -0.3 is 34.8 Å². The second-order valence-corrected chi connectivity index (χ2v) is 8.51. The first kappa shape index (κ1) is 17.3. The maximum Gasteiger partial charge on any atom is 0.671 e. The summed E-state index contributed by atoms with van der Waals surface area (Å²) in [5, 5.41) is 0. The number of hydrogen-bond acceptors (Lipinski definition) is 8. The quantitative estimate of drug-likeness (QED) is 0.491. The molecule has 0 fully saturated rings. The SMILES string of the molecule is CO[Si](OC)O[Si](OC)O[Si](OC)(OC)OC. The standard InChI is InChI=1S/C6H18O8Si3/c1-7-15(8-2)13-16(9-3)14-17(10-4,11-5)12-6/h1-6H3. The fourth-order valence-corrected chi connectivity index (χ4v) is 5.72. The third-order valence-electron chi connectivity index (χ3n) is 1.62. The average Bonchev–Trinajstić information content (AvgIpc) is 2.40. The topological polar surface area (TPSA) is 73.8 Å². The van der Waals surface area contributed by atoms with Gasteiger partial charge >= 0.3 is 28.1 Å². The highest BCUT2D eigenvalue weighted by molar-refractivity contribution is 6.64. The largest absolute Gasteiger partial charge is 0.671 e. The predicted octanol–water partition coefficient (Wildman–Crippen LogP) is -0.697. The lowest BCUT2D eigenvalue weighted by molar-refractivity contribution is 0.0270. The minimum Gasteiger partial charge on any atom is -0.375 e. The molecule has 8 nitrogen and oxygen atoms in total. The first-order valence-corrected chi connectivity index (χ1v) is 8.57. The molecule has 0 aliphatic carbocycles. The van der Waals surface area contributed by atoms with E-state index in [1.54, 1.807) is 0 Å². The van der Waals surface area contributed by atoms with Crippen molar-refractivity contribution in [1.29, 1.82) is 0 Å². The molecule has 0 aliphatic heterocycles. The van der Waals surface area contributed by atoms with Gasteiger partial charge in [0.1, 0.15) is 0 Å². The third kappa shape index (κ3) is 5.67. The van der Waals surface area contributed by atoms with Crippen molar-refractivity contribution in [3.05, 3.63) is 0 Å². The van der Waals surface area contributed by atoms with Gasteiger partial charge in [-0.1, -0.05) is 0 Å². The Morgan fingerprint density at radius 2 is 1.06 bits per heavy atom. The molecule has 0 aromatic carbocycles. The van der Waals surface area contributed by atoms with E-state index >= 15 is 0 Å². The maximum atomic E-state index is 5.46. The van der Waals surface area contributed by atoms with Crippen molar-refractivity contribution in [1.82, 2.24) is 0 Å². The highest BCUT2D eigenvalue weighted by atomic mass is 28.5. The summed E-state index contributed by atoms with van der Waals surface area (Å²) in [4.78, 5) is 0. The zero-order valence-electron chi connectivity index (χ0n) is 10.8. The van der Waals surface area contributed by atoms with E-state index in [0.717, 1.165) is 0 Å². The second-order valence-electron chi connectivity index (χ2n) is 2.43. The van der Waals surface area contributed by atoms with E-state index in [2.05, 4.69) is 0 Å². The van der Waals surface area contributed by atoms with Crippen molar-refractivity contribution in [3.8, 4) is 0 Å². The summed E-state index contributed by atoms with van der Waals surface area (Å²) < 4.78 is 41.1. The minimum absolute atomic E-state index is 1.42. The molecule has 0 N–H and O–H groups in total. The molecule has 0 unspecified atom stereocenters. The van der Waals surface area contributed by atoms with Crippen LogP contribution in [0.1, 0.15) is 0 Å². The van der Waals surface area contributed by atoms with Gasteiger partial charge in [0.25, 0.3) is 0 Å². The van der Waals surface area contributed by atoms with Gasteiger partial charge in [-0.2, -0.15) is 0 Å². The minimum atomic E-state index is -3.19. The molecule has 0 aromatic heterocycles. The molecule has 0 aromatic rings. The summed E-state index contributed by atoms with van der Waals surface area (Å²) in [6.07, 6.45) is 0. The Morgan fingerprint density at radius 3 is 1.35 bits per heavy atom. The van der Waals surface area contributed by atoms with Crippen LogP contribution in [-0.4, -0.2) is 70.8 Å². The van der Waals surface area contributed by atoms with Crippen LogP contribution in [-0.2, 0) is 34.8 Å². The molecular weight excluding hydrogens is 284 g/mol. The van der Waals surface area contributed by atoms with Crippen LogP contribution in [0.2, 0.25) is 0 Å². The smallest absolute Gasteiger partial charge is 0.375 e. The van der Waals surface area contributed by atoms with E-state index in [1.807, 2.05) is 0 Å². The first-order chi connectivity index (χ1) is 8.11. The molecule has 0 bridgehead atoms. The zero-order chi connectivity index (χ0) is 13.3. The highest BCUT2D eigenvalue weighted by Crippen LogP contribution is 2.11. The number of hydrogen-bond donors (Lipinski definition) is 0. The van der Waals surface area contributed by atoms with Crippen LogP contribution >= 0.6 is 0 Å². The molecule has 0 atom stereocenters. The van der Waals surface area contributed by atoms with Gasteiger partial charge in [0.2, 0.25) is 0 Å². The Hall–Kier alpha value is 0.331. The van der Waals surface area contributed by atoms with Crippen LogP contribution in [0.3, 0.4) is 0 Å². The fourth-order valence-electron chi connectivity index (χ4n) is 0.816. The normalized spacial score (nSPS) is 12.7. The van der Waals surface area contributed by atoms with Gasteiger partial charge in [-0.3, -0.25) is 0 Å². The Kier molecular flexibility index (Phi) is 9.47. The fraction of sp³-hybridized carbons (Fsp3) is 1.00. The summed E-state index contributed by atoms with van der Waals surface area (Å²) in [5.41, 5.74) is 0. The summed E-state index contributed by atoms with van der Waals surface area (Å²) in [6, 6.07) is 0. The summed E-state index contributed by atoms with van der Waals surface area (Å²) >= 11 is 0. The van der Waals surface area contributed by atoms with Crippen molar-refractivity contribution >= 4 is 28.1 Å². The van der Waals surface area contributed by atoms with Gasteiger partial charge in [-0.05, 0) is 0 Å². The third-order valence-corrected chi connectivity index (χ3v) is 7.13. The lowest BCUT2D eigenvalue weighted by Crippen LogP contribution is -2.53. The van der Waals surface area contributed by atoms with Crippen LogP contribution in [0.5, 0.6) is 0 Å². The molecule has 0 amide bonds. The van der Waals surface area contributed by atoms with E-state index < -0.39 is 28.1 Å². The maximum absolute atomic E-state index is 5.46. The molecule has 0 aliphatic rings. The van der Waals surface area contributed by atoms with E-state index in [9.17, 15) is 0 Å². The Morgan fingerprint density at radius 1 is 0.647 bits per heavy atom. The lowest BCUT2D eigenvalue weighted by atomic mass is 11.8. The monoisotopic (exact) mass is 302 g/mol. The van der Waals surface area contributed by atoms with Crippen LogP contribution < -0.4 is 0 Å². The van der Waals surface area contributed by atoms with E-state index in [-0.39, 0.29) is 0 Å².